The van der Waals surface area contributed by atoms with Gasteiger partial charge in [-0.2, -0.15) is 0 Å². The number of halogens is 3. The van der Waals surface area contributed by atoms with Gasteiger partial charge >= 0.3 is 0 Å². The van der Waals surface area contributed by atoms with Gasteiger partial charge in [-0.3, -0.25) is 10.1 Å². The SMILES string of the molecule is CC(C)COc1ccc(C(=O)NC(=S)Nc2cccc(Cl)c2Cl)cc1Br. The van der Waals surface area contributed by atoms with Crippen LogP contribution in [-0.4, -0.2) is 17.6 Å². The quantitative estimate of drug-likeness (QED) is 0.527. The van der Waals surface area contributed by atoms with Crippen LogP contribution in [0.5, 0.6) is 5.75 Å². The molecule has 1 amide bonds. The summed E-state index contributed by atoms with van der Waals surface area (Å²) in [6.07, 6.45) is 0. The number of benzene rings is 2. The maximum atomic E-state index is 12.4. The van der Waals surface area contributed by atoms with E-state index in [2.05, 4.69) is 40.4 Å². The number of ether oxygens (including phenoxy) is 1. The van der Waals surface area contributed by atoms with Gasteiger partial charge in [-0.05, 0) is 64.4 Å². The van der Waals surface area contributed by atoms with Crippen molar-refractivity contribution < 1.29 is 9.53 Å². The minimum Gasteiger partial charge on any atom is -0.492 e. The molecule has 0 spiro atoms. The molecule has 0 saturated heterocycles. The monoisotopic (exact) mass is 474 g/mol. The van der Waals surface area contributed by atoms with Gasteiger partial charge in [0.1, 0.15) is 5.75 Å². The zero-order chi connectivity index (χ0) is 19.3. The Bertz CT molecular complexity index is 831. The van der Waals surface area contributed by atoms with Crippen molar-refractivity contribution in [2.45, 2.75) is 13.8 Å². The third-order valence-corrected chi connectivity index (χ3v) is 4.84. The zero-order valence-electron chi connectivity index (χ0n) is 14.1. The Morgan fingerprint density at radius 3 is 2.65 bits per heavy atom. The highest BCUT2D eigenvalue weighted by Gasteiger charge is 2.12. The van der Waals surface area contributed by atoms with E-state index in [1.165, 1.54) is 0 Å². The number of nitrogens with one attached hydrogen (secondary N) is 2. The lowest BCUT2D eigenvalue weighted by Crippen LogP contribution is -2.34. The first-order chi connectivity index (χ1) is 12.3. The van der Waals surface area contributed by atoms with Crippen LogP contribution in [0.1, 0.15) is 24.2 Å². The highest BCUT2D eigenvalue weighted by Crippen LogP contribution is 2.29. The Balaban J connectivity index is 2.01. The fourth-order valence-corrected chi connectivity index (χ4v) is 2.99. The fraction of sp³-hybridized carbons (Fsp3) is 0.222. The molecule has 0 fully saturated rings. The third-order valence-electron chi connectivity index (χ3n) is 3.19. The van der Waals surface area contributed by atoms with Gasteiger partial charge in [0.25, 0.3) is 5.91 Å². The molecule has 0 saturated carbocycles. The van der Waals surface area contributed by atoms with Crippen molar-refractivity contribution in [3.8, 4) is 5.75 Å². The molecule has 0 unspecified atom stereocenters. The Morgan fingerprint density at radius 1 is 1.27 bits per heavy atom. The first kappa shape index (κ1) is 21.0. The molecule has 4 nitrogen and oxygen atoms in total. The van der Waals surface area contributed by atoms with E-state index >= 15 is 0 Å². The summed E-state index contributed by atoms with van der Waals surface area (Å²) in [5, 5.41) is 6.31. The standard InChI is InChI=1S/C18H17BrCl2N2O2S/c1-10(2)9-25-15-7-6-11(8-12(15)19)17(24)23-18(26)22-14-5-3-4-13(20)16(14)21/h3-8,10H,9H2,1-2H3,(H2,22,23,24,26). The van der Waals surface area contributed by atoms with E-state index < -0.39 is 0 Å². The van der Waals surface area contributed by atoms with Crippen LogP contribution in [-0.2, 0) is 0 Å². The van der Waals surface area contributed by atoms with Gasteiger partial charge in [-0.1, -0.05) is 43.1 Å². The summed E-state index contributed by atoms with van der Waals surface area (Å²) in [5.41, 5.74) is 0.957. The van der Waals surface area contributed by atoms with E-state index in [1.807, 2.05) is 0 Å². The summed E-state index contributed by atoms with van der Waals surface area (Å²) in [7, 11) is 0. The molecule has 0 aliphatic rings. The topological polar surface area (TPSA) is 50.4 Å². The van der Waals surface area contributed by atoms with E-state index in [-0.39, 0.29) is 11.0 Å². The molecule has 8 heteroatoms. The number of carbonyl (C=O) groups is 1. The van der Waals surface area contributed by atoms with Crippen LogP contribution in [0.15, 0.2) is 40.9 Å². The van der Waals surface area contributed by atoms with Crippen LogP contribution >= 0.6 is 51.3 Å². The lowest BCUT2D eigenvalue weighted by molar-refractivity contribution is 0.0977. The minimum absolute atomic E-state index is 0.121. The number of rotatable bonds is 5. The number of hydrogen-bond acceptors (Lipinski definition) is 3. The van der Waals surface area contributed by atoms with Crippen LogP contribution in [0.4, 0.5) is 5.69 Å². The van der Waals surface area contributed by atoms with Gasteiger partial charge in [0.05, 0.1) is 26.8 Å². The molecule has 2 N–H and O–H groups in total. The summed E-state index contributed by atoms with van der Waals surface area (Å²) in [6.45, 7) is 4.73. The zero-order valence-corrected chi connectivity index (χ0v) is 18.0. The van der Waals surface area contributed by atoms with Crippen molar-refractivity contribution in [3.05, 3.63) is 56.5 Å². The van der Waals surface area contributed by atoms with E-state index in [1.54, 1.807) is 36.4 Å². The predicted molar refractivity (Wildman–Crippen MR) is 115 cm³/mol. The normalized spacial score (nSPS) is 10.5. The number of amides is 1. The number of carbonyl (C=O) groups excluding carboxylic acids is 1. The van der Waals surface area contributed by atoms with Crippen molar-refractivity contribution in [2.75, 3.05) is 11.9 Å². The lowest BCUT2D eigenvalue weighted by Gasteiger charge is -2.13. The molecule has 26 heavy (non-hydrogen) atoms. The van der Waals surface area contributed by atoms with E-state index in [4.69, 9.17) is 40.2 Å². The van der Waals surface area contributed by atoms with Crippen molar-refractivity contribution in [2.24, 2.45) is 5.92 Å². The van der Waals surface area contributed by atoms with Gasteiger partial charge in [0, 0.05) is 5.56 Å². The number of hydrogen-bond donors (Lipinski definition) is 2. The molecule has 2 rings (SSSR count). The Hall–Kier alpha value is -1.34. The minimum atomic E-state index is -0.350. The Labute approximate surface area is 176 Å². The Kier molecular flexibility index (Phi) is 7.70. The fourth-order valence-electron chi connectivity index (χ4n) is 1.94. The van der Waals surface area contributed by atoms with E-state index in [9.17, 15) is 4.79 Å². The summed E-state index contributed by atoms with van der Waals surface area (Å²) < 4.78 is 6.37. The Morgan fingerprint density at radius 2 is 2.00 bits per heavy atom. The smallest absolute Gasteiger partial charge is 0.257 e. The summed E-state index contributed by atoms with van der Waals surface area (Å²) in [5.74, 6) is 0.741. The second-order valence-corrected chi connectivity index (χ2v) is 7.91. The molecule has 0 atom stereocenters. The molecule has 2 aromatic rings. The molecule has 0 aromatic heterocycles. The lowest BCUT2D eigenvalue weighted by atomic mass is 10.2. The molecule has 138 valence electrons. The molecule has 0 aliphatic carbocycles. The average molecular weight is 476 g/mol. The number of thiocarbonyl (C=S) groups is 1. The molecule has 0 heterocycles. The van der Waals surface area contributed by atoms with Crippen molar-refractivity contribution >= 4 is 68.1 Å². The summed E-state index contributed by atoms with van der Waals surface area (Å²) in [4.78, 5) is 12.4. The summed E-state index contributed by atoms with van der Waals surface area (Å²) in [6, 6.07) is 10.2. The van der Waals surface area contributed by atoms with Crippen LogP contribution in [0.2, 0.25) is 10.0 Å². The van der Waals surface area contributed by atoms with Gasteiger partial charge < -0.3 is 10.1 Å². The van der Waals surface area contributed by atoms with E-state index in [0.29, 0.717) is 44.0 Å². The predicted octanol–water partition coefficient (Wildman–Crippen LogP) is 5.92. The first-order valence-electron chi connectivity index (χ1n) is 7.76. The first-order valence-corrected chi connectivity index (χ1v) is 9.72. The third kappa shape index (κ3) is 5.84. The van der Waals surface area contributed by atoms with Crippen LogP contribution < -0.4 is 15.4 Å². The van der Waals surface area contributed by atoms with Gasteiger partial charge in [-0.25, -0.2) is 0 Å². The van der Waals surface area contributed by atoms with Crippen LogP contribution in [0, 0.1) is 5.92 Å². The maximum absolute atomic E-state index is 12.4. The highest BCUT2D eigenvalue weighted by molar-refractivity contribution is 9.10. The molecule has 0 radical (unpaired) electrons. The maximum Gasteiger partial charge on any atom is 0.257 e. The molecular weight excluding hydrogens is 459 g/mol. The van der Waals surface area contributed by atoms with Gasteiger partial charge in [0.15, 0.2) is 5.11 Å². The van der Waals surface area contributed by atoms with Gasteiger partial charge in [0.2, 0.25) is 0 Å². The highest BCUT2D eigenvalue weighted by atomic mass is 79.9. The van der Waals surface area contributed by atoms with Crippen molar-refractivity contribution in [3.63, 3.8) is 0 Å². The average Bonchev–Trinajstić information content (AvgIpc) is 2.57. The molecule has 0 bridgehead atoms. The molecule has 0 aliphatic heterocycles. The summed E-state index contributed by atoms with van der Waals surface area (Å²) >= 11 is 20.6. The molecular formula is C18H17BrCl2N2O2S. The van der Waals surface area contributed by atoms with Crippen LogP contribution in [0.3, 0.4) is 0 Å². The second kappa shape index (κ2) is 9.55. The van der Waals surface area contributed by atoms with Crippen LogP contribution in [0.25, 0.3) is 0 Å². The number of anilines is 1. The van der Waals surface area contributed by atoms with Crippen molar-refractivity contribution in [1.82, 2.24) is 5.32 Å². The van der Waals surface area contributed by atoms with Crippen molar-refractivity contribution in [1.29, 1.82) is 0 Å². The van der Waals surface area contributed by atoms with Gasteiger partial charge in [-0.15, -0.1) is 0 Å². The molecule has 2 aromatic carbocycles. The largest absolute Gasteiger partial charge is 0.492 e. The van der Waals surface area contributed by atoms with E-state index in [0.717, 1.165) is 0 Å². The second-order valence-electron chi connectivity index (χ2n) is 5.86.